The van der Waals surface area contributed by atoms with E-state index in [1.54, 1.807) is 12.1 Å². The molecule has 4 nitrogen and oxygen atoms in total. The molecule has 0 spiro atoms. The van der Waals surface area contributed by atoms with Crippen molar-refractivity contribution in [1.82, 2.24) is 5.43 Å². The van der Waals surface area contributed by atoms with Crippen LogP contribution in [0.2, 0.25) is 0 Å². The Balaban J connectivity index is 2.94. The van der Waals surface area contributed by atoms with Gasteiger partial charge in [0.05, 0.1) is 10.7 Å². The number of halogens is 2. The van der Waals surface area contributed by atoms with Crippen molar-refractivity contribution in [2.75, 3.05) is 0 Å². The molecule has 0 aliphatic rings. The van der Waals surface area contributed by atoms with Gasteiger partial charge in [0, 0.05) is 10.0 Å². The summed E-state index contributed by atoms with van der Waals surface area (Å²) in [6, 6.07) is 3.44. The number of rotatable bonds is 2. The Morgan fingerprint density at radius 2 is 2.20 bits per heavy atom. The topological polar surface area (TPSA) is 70.6 Å². The first-order valence-corrected chi connectivity index (χ1v) is 5.76. The molecule has 0 fully saturated rings. The van der Waals surface area contributed by atoms with Gasteiger partial charge in [0.2, 0.25) is 0 Å². The number of hydrogen-bond acceptors (Lipinski definition) is 3. The third-order valence-electron chi connectivity index (χ3n) is 1.44. The molecule has 7 heteroatoms. The second kappa shape index (κ2) is 5.43. The van der Waals surface area contributed by atoms with Crippen LogP contribution in [-0.4, -0.2) is 16.4 Å². The zero-order chi connectivity index (χ0) is 11.4. The van der Waals surface area contributed by atoms with E-state index in [-0.39, 0.29) is 10.9 Å². The number of phenolic OH excluding ortho intramolecular Hbond substituents is 1. The van der Waals surface area contributed by atoms with Gasteiger partial charge in [-0.25, -0.2) is 0 Å². The Bertz CT molecular complexity index is 423. The van der Waals surface area contributed by atoms with Crippen LogP contribution in [0.1, 0.15) is 5.56 Å². The van der Waals surface area contributed by atoms with Gasteiger partial charge in [-0.05, 0) is 40.3 Å². The average molecular weight is 353 g/mol. The molecular formula is C8H7Br2N3OS. The molecule has 1 aromatic carbocycles. The fourth-order valence-electron chi connectivity index (χ4n) is 0.850. The quantitative estimate of drug-likeness (QED) is 0.433. The van der Waals surface area contributed by atoms with Crippen LogP contribution in [0, 0.1) is 0 Å². The van der Waals surface area contributed by atoms with E-state index in [0.717, 1.165) is 4.47 Å². The molecule has 0 radical (unpaired) electrons. The van der Waals surface area contributed by atoms with Gasteiger partial charge in [-0.2, -0.15) is 5.10 Å². The van der Waals surface area contributed by atoms with Crippen LogP contribution in [-0.2, 0) is 0 Å². The van der Waals surface area contributed by atoms with Crippen LogP contribution in [0.4, 0.5) is 0 Å². The molecular weight excluding hydrogens is 346 g/mol. The second-order valence-corrected chi connectivity index (χ2v) is 4.77. The van der Waals surface area contributed by atoms with E-state index < -0.39 is 0 Å². The lowest BCUT2D eigenvalue weighted by Gasteiger charge is -2.02. The molecule has 0 amide bonds. The molecule has 0 atom stereocenters. The van der Waals surface area contributed by atoms with Gasteiger partial charge in [-0.15, -0.1) is 0 Å². The van der Waals surface area contributed by atoms with E-state index in [2.05, 4.69) is 54.6 Å². The highest BCUT2D eigenvalue weighted by molar-refractivity contribution is 9.11. The summed E-state index contributed by atoms with van der Waals surface area (Å²) in [6.45, 7) is 0. The molecule has 80 valence electrons. The maximum atomic E-state index is 9.64. The van der Waals surface area contributed by atoms with E-state index >= 15 is 0 Å². The van der Waals surface area contributed by atoms with Crippen LogP contribution in [0.25, 0.3) is 0 Å². The lowest BCUT2D eigenvalue weighted by Crippen LogP contribution is -2.23. The van der Waals surface area contributed by atoms with Crippen LogP contribution in [0.15, 0.2) is 26.2 Å². The zero-order valence-corrected chi connectivity index (χ0v) is 11.4. The zero-order valence-electron chi connectivity index (χ0n) is 7.37. The summed E-state index contributed by atoms with van der Waals surface area (Å²) in [5.74, 6) is 0.103. The SMILES string of the molecule is NC(=S)N/N=C/c1cc(Br)cc(Br)c1O. The Hall–Kier alpha value is -0.660. The van der Waals surface area contributed by atoms with Crippen LogP contribution in [0.3, 0.4) is 0 Å². The maximum Gasteiger partial charge on any atom is 0.184 e. The first kappa shape index (κ1) is 12.4. The normalized spacial score (nSPS) is 10.5. The molecule has 0 heterocycles. The van der Waals surface area contributed by atoms with Crippen molar-refractivity contribution in [3.8, 4) is 5.75 Å². The summed E-state index contributed by atoms with van der Waals surface area (Å²) in [6.07, 6.45) is 1.42. The molecule has 0 aliphatic heterocycles. The summed E-state index contributed by atoms with van der Waals surface area (Å²) >= 11 is 11.1. The van der Waals surface area contributed by atoms with E-state index in [1.807, 2.05) is 0 Å². The number of nitrogens with two attached hydrogens (primary N) is 1. The smallest absolute Gasteiger partial charge is 0.184 e. The number of aromatic hydroxyl groups is 1. The lowest BCUT2D eigenvalue weighted by atomic mass is 10.2. The molecule has 15 heavy (non-hydrogen) atoms. The average Bonchev–Trinajstić information content (AvgIpc) is 2.12. The van der Waals surface area contributed by atoms with Gasteiger partial charge in [0.15, 0.2) is 5.11 Å². The lowest BCUT2D eigenvalue weighted by molar-refractivity contribution is 0.471. The van der Waals surface area contributed by atoms with E-state index in [9.17, 15) is 5.11 Å². The predicted octanol–water partition coefficient (Wildman–Crippen LogP) is 2.08. The Morgan fingerprint density at radius 3 is 2.80 bits per heavy atom. The highest BCUT2D eigenvalue weighted by Crippen LogP contribution is 2.30. The maximum absolute atomic E-state index is 9.64. The van der Waals surface area contributed by atoms with Crippen molar-refractivity contribution in [2.24, 2.45) is 10.8 Å². The highest BCUT2D eigenvalue weighted by atomic mass is 79.9. The fraction of sp³-hybridized carbons (Fsp3) is 0. The van der Waals surface area contributed by atoms with Crippen molar-refractivity contribution >= 4 is 55.4 Å². The number of hydrazone groups is 1. The van der Waals surface area contributed by atoms with Gasteiger partial charge in [-0.1, -0.05) is 15.9 Å². The molecule has 0 unspecified atom stereocenters. The van der Waals surface area contributed by atoms with Gasteiger partial charge >= 0.3 is 0 Å². The third-order valence-corrected chi connectivity index (χ3v) is 2.59. The van der Waals surface area contributed by atoms with Crippen LogP contribution in [0.5, 0.6) is 5.75 Å². The van der Waals surface area contributed by atoms with Crippen LogP contribution < -0.4 is 11.2 Å². The van der Waals surface area contributed by atoms with Gasteiger partial charge < -0.3 is 10.8 Å². The standard InChI is InChI=1S/C8H7Br2N3OS/c9-5-1-4(3-12-13-8(11)15)7(14)6(10)2-5/h1-3,14H,(H3,11,13,15)/b12-3+. The first-order valence-electron chi connectivity index (χ1n) is 3.77. The van der Waals surface area contributed by atoms with Crippen molar-refractivity contribution in [1.29, 1.82) is 0 Å². The third kappa shape index (κ3) is 3.77. The summed E-state index contributed by atoms with van der Waals surface area (Å²) < 4.78 is 1.40. The largest absolute Gasteiger partial charge is 0.506 e. The van der Waals surface area contributed by atoms with Gasteiger partial charge in [-0.3, -0.25) is 5.43 Å². The highest BCUT2D eigenvalue weighted by Gasteiger charge is 2.04. The summed E-state index contributed by atoms with van der Waals surface area (Å²) in [5, 5.41) is 13.4. The number of thiocarbonyl (C=S) groups is 1. The predicted molar refractivity (Wildman–Crippen MR) is 71.0 cm³/mol. The van der Waals surface area contributed by atoms with E-state index in [1.165, 1.54) is 6.21 Å². The number of hydrogen-bond donors (Lipinski definition) is 3. The Kier molecular flexibility index (Phi) is 4.49. The molecule has 0 aliphatic carbocycles. The van der Waals surface area contributed by atoms with Crippen molar-refractivity contribution in [3.05, 3.63) is 26.6 Å². The van der Waals surface area contributed by atoms with Gasteiger partial charge in [0.25, 0.3) is 0 Å². The first-order chi connectivity index (χ1) is 7.00. The molecule has 1 rings (SSSR count). The minimum absolute atomic E-state index is 0.0693. The van der Waals surface area contributed by atoms with Crippen molar-refractivity contribution in [2.45, 2.75) is 0 Å². The van der Waals surface area contributed by atoms with Crippen molar-refractivity contribution in [3.63, 3.8) is 0 Å². The molecule has 0 aromatic heterocycles. The van der Waals surface area contributed by atoms with Crippen molar-refractivity contribution < 1.29 is 5.11 Å². The molecule has 4 N–H and O–H groups in total. The summed E-state index contributed by atoms with van der Waals surface area (Å²) in [4.78, 5) is 0. The van der Waals surface area contributed by atoms with E-state index in [0.29, 0.717) is 10.0 Å². The minimum Gasteiger partial charge on any atom is -0.506 e. The number of phenols is 1. The molecule has 0 saturated heterocycles. The molecule has 0 bridgehead atoms. The van der Waals surface area contributed by atoms with E-state index in [4.69, 9.17) is 5.73 Å². The second-order valence-electron chi connectivity index (χ2n) is 2.56. The number of nitrogens with one attached hydrogen (secondary N) is 1. The monoisotopic (exact) mass is 351 g/mol. The minimum atomic E-state index is 0.0693. The number of nitrogens with zero attached hydrogens (tertiary/aromatic N) is 1. The molecule has 0 saturated carbocycles. The Labute approximate surface area is 109 Å². The number of benzene rings is 1. The van der Waals surface area contributed by atoms with Gasteiger partial charge in [0.1, 0.15) is 5.75 Å². The van der Waals surface area contributed by atoms with Crippen LogP contribution >= 0.6 is 44.1 Å². The Morgan fingerprint density at radius 1 is 1.53 bits per heavy atom. The molecule has 1 aromatic rings. The summed E-state index contributed by atoms with van der Waals surface area (Å²) in [5.41, 5.74) is 8.12. The summed E-state index contributed by atoms with van der Waals surface area (Å²) in [7, 11) is 0. The fourth-order valence-corrected chi connectivity index (χ4v) is 2.16.